The number of nitrogens with zero attached hydrogens (tertiary/aromatic N) is 1. The number of hydrogen-bond donors (Lipinski definition) is 2. The van der Waals surface area contributed by atoms with Gasteiger partial charge in [0.15, 0.2) is 0 Å². The summed E-state index contributed by atoms with van der Waals surface area (Å²) in [5.74, 6) is -0.299. The molecule has 0 saturated heterocycles. The molecule has 0 radical (unpaired) electrons. The molecule has 0 unspecified atom stereocenters. The van der Waals surface area contributed by atoms with Gasteiger partial charge in [0.2, 0.25) is 5.91 Å². The third kappa shape index (κ3) is 6.88. The van der Waals surface area contributed by atoms with Crippen molar-refractivity contribution in [1.82, 2.24) is 10.2 Å². The molecule has 30 heavy (non-hydrogen) atoms. The van der Waals surface area contributed by atoms with Gasteiger partial charge in [-0.3, -0.25) is 4.79 Å². The molecule has 0 aliphatic heterocycles. The molecule has 2 aromatic rings. The van der Waals surface area contributed by atoms with E-state index in [4.69, 9.17) is 4.74 Å². The van der Waals surface area contributed by atoms with Gasteiger partial charge in [0.1, 0.15) is 11.6 Å². The van der Waals surface area contributed by atoms with E-state index < -0.39 is 29.9 Å². The Labute approximate surface area is 178 Å². The van der Waals surface area contributed by atoms with Crippen molar-refractivity contribution in [2.75, 3.05) is 7.05 Å². The van der Waals surface area contributed by atoms with E-state index in [0.29, 0.717) is 6.42 Å². The van der Waals surface area contributed by atoms with Crippen molar-refractivity contribution in [2.45, 2.75) is 57.9 Å². The average Bonchev–Trinajstić information content (AvgIpc) is 2.71. The highest BCUT2D eigenvalue weighted by Crippen LogP contribution is 2.21. The maximum Gasteiger partial charge on any atom is 0.408 e. The molecular formula is C24H32N2O4. The van der Waals surface area contributed by atoms with Crippen molar-refractivity contribution < 1.29 is 19.4 Å². The average molecular weight is 413 g/mol. The summed E-state index contributed by atoms with van der Waals surface area (Å²) in [6.45, 7) is 7.09. The van der Waals surface area contributed by atoms with Crippen LogP contribution >= 0.6 is 0 Å². The zero-order chi connectivity index (χ0) is 22.3. The van der Waals surface area contributed by atoms with Crippen molar-refractivity contribution in [3.63, 3.8) is 0 Å². The number of hydrogen-bond acceptors (Lipinski definition) is 4. The number of carbonyl (C=O) groups excluding carboxylic acids is 2. The van der Waals surface area contributed by atoms with Gasteiger partial charge in [0.05, 0.1) is 12.1 Å². The minimum absolute atomic E-state index is 0.299. The Hall–Kier alpha value is -2.86. The maximum absolute atomic E-state index is 13.3. The fraction of sp³-hybridized carbons (Fsp3) is 0.417. The molecule has 2 N–H and O–H groups in total. The molecule has 162 valence electrons. The molecule has 6 heteroatoms. The van der Waals surface area contributed by atoms with Gasteiger partial charge < -0.3 is 20.1 Å². The zero-order valence-electron chi connectivity index (χ0n) is 18.3. The van der Waals surface area contributed by atoms with Crippen LogP contribution in [0.5, 0.6) is 0 Å². The molecular weight excluding hydrogens is 380 g/mol. The van der Waals surface area contributed by atoms with Gasteiger partial charge in [-0.1, -0.05) is 60.7 Å². The largest absolute Gasteiger partial charge is 0.444 e. The predicted molar refractivity (Wildman–Crippen MR) is 117 cm³/mol. The Morgan fingerprint density at radius 2 is 1.57 bits per heavy atom. The number of ether oxygens (including phenoxy) is 1. The minimum Gasteiger partial charge on any atom is -0.444 e. The van der Waals surface area contributed by atoms with Gasteiger partial charge in [-0.15, -0.1) is 0 Å². The van der Waals surface area contributed by atoms with E-state index in [-0.39, 0.29) is 5.91 Å². The first-order chi connectivity index (χ1) is 14.1. The summed E-state index contributed by atoms with van der Waals surface area (Å²) in [5, 5.41) is 13.4. The number of rotatable bonds is 7. The first-order valence-corrected chi connectivity index (χ1v) is 10.1. The summed E-state index contributed by atoms with van der Waals surface area (Å²) in [5.41, 5.74) is 0.966. The summed E-state index contributed by atoms with van der Waals surface area (Å²) in [6, 6.07) is 17.4. The van der Waals surface area contributed by atoms with Crippen LogP contribution < -0.4 is 5.32 Å². The van der Waals surface area contributed by atoms with E-state index in [0.717, 1.165) is 11.1 Å². The minimum atomic E-state index is -0.848. The van der Waals surface area contributed by atoms with Crippen LogP contribution in [0.15, 0.2) is 60.7 Å². The third-order valence-electron chi connectivity index (χ3n) is 4.83. The summed E-state index contributed by atoms with van der Waals surface area (Å²) < 4.78 is 5.34. The van der Waals surface area contributed by atoms with Crippen LogP contribution in [0.25, 0.3) is 0 Å². The quantitative estimate of drug-likeness (QED) is 0.727. The number of likely N-dealkylation sites (N-methyl/N-ethyl adjacent to an activating group) is 1. The molecule has 0 aliphatic rings. The number of benzene rings is 2. The van der Waals surface area contributed by atoms with Crippen molar-refractivity contribution in [1.29, 1.82) is 0 Å². The van der Waals surface area contributed by atoms with E-state index in [2.05, 4.69) is 5.32 Å². The molecule has 0 bridgehead atoms. The van der Waals surface area contributed by atoms with Crippen LogP contribution in [-0.4, -0.2) is 46.7 Å². The molecule has 0 heterocycles. The Morgan fingerprint density at radius 1 is 1.03 bits per heavy atom. The Kier molecular flexibility index (Phi) is 8.00. The molecule has 0 saturated carbocycles. The van der Waals surface area contributed by atoms with Crippen molar-refractivity contribution >= 4 is 12.0 Å². The number of aliphatic hydroxyl groups excluding tert-OH is 1. The second kappa shape index (κ2) is 10.3. The second-order valence-corrected chi connectivity index (χ2v) is 8.43. The maximum atomic E-state index is 13.3. The normalized spacial score (nSPS) is 14.3. The van der Waals surface area contributed by atoms with E-state index in [1.807, 2.05) is 60.7 Å². The molecule has 2 rings (SSSR count). The molecule has 0 aliphatic carbocycles. The molecule has 2 aromatic carbocycles. The lowest BCUT2D eigenvalue weighted by molar-refractivity contribution is -0.136. The van der Waals surface area contributed by atoms with Crippen molar-refractivity contribution in [3.8, 4) is 0 Å². The van der Waals surface area contributed by atoms with Crippen LogP contribution in [0.2, 0.25) is 0 Å². The van der Waals surface area contributed by atoms with E-state index in [1.54, 1.807) is 34.7 Å². The molecule has 0 aromatic heterocycles. The van der Waals surface area contributed by atoms with Gasteiger partial charge in [-0.2, -0.15) is 0 Å². The third-order valence-corrected chi connectivity index (χ3v) is 4.83. The summed E-state index contributed by atoms with van der Waals surface area (Å²) >= 11 is 0. The van der Waals surface area contributed by atoms with Gasteiger partial charge in [-0.25, -0.2) is 4.79 Å². The summed E-state index contributed by atoms with van der Waals surface area (Å²) in [7, 11) is 1.63. The lowest BCUT2D eigenvalue weighted by atomic mass is 10.0. The van der Waals surface area contributed by atoms with Gasteiger partial charge in [-0.05, 0) is 38.8 Å². The summed E-state index contributed by atoms with van der Waals surface area (Å²) in [6.07, 6.45) is -1.18. The first kappa shape index (κ1) is 23.4. The van der Waals surface area contributed by atoms with Gasteiger partial charge >= 0.3 is 6.09 Å². The Bertz CT molecular complexity index is 818. The number of carbonyl (C=O) groups is 2. The number of alkyl carbamates (subject to hydrolysis) is 1. The number of aliphatic hydroxyl groups is 1. The Balaban J connectivity index is 2.18. The van der Waals surface area contributed by atoms with Crippen molar-refractivity contribution in [2.24, 2.45) is 0 Å². The van der Waals surface area contributed by atoms with Gasteiger partial charge in [0.25, 0.3) is 0 Å². The van der Waals surface area contributed by atoms with Crippen LogP contribution in [-0.2, 0) is 16.0 Å². The van der Waals surface area contributed by atoms with E-state index >= 15 is 0 Å². The topological polar surface area (TPSA) is 78.9 Å². The fourth-order valence-electron chi connectivity index (χ4n) is 3.09. The summed E-state index contributed by atoms with van der Waals surface area (Å²) in [4.78, 5) is 27.1. The van der Waals surface area contributed by atoms with Crippen LogP contribution in [0.1, 0.15) is 44.9 Å². The Morgan fingerprint density at radius 3 is 2.10 bits per heavy atom. The predicted octanol–water partition coefficient (Wildman–Crippen LogP) is 3.70. The molecule has 6 nitrogen and oxygen atoms in total. The number of nitrogens with one attached hydrogen (secondary N) is 1. The highest BCUT2D eigenvalue weighted by atomic mass is 16.6. The fourth-order valence-corrected chi connectivity index (χ4v) is 3.09. The standard InChI is InChI=1S/C24H32N2O4/c1-17(21(27)19-14-10-7-11-15-19)26(5)22(28)20(16-18-12-8-6-9-13-18)25-23(29)30-24(2,3)4/h6-15,17,20-21,27H,16H2,1-5H3,(H,25,29)/t17-,20+,21+/m0/s1. The highest BCUT2D eigenvalue weighted by Gasteiger charge is 2.31. The van der Waals surface area contributed by atoms with Crippen molar-refractivity contribution in [3.05, 3.63) is 71.8 Å². The van der Waals surface area contributed by atoms with Crippen LogP contribution in [0.3, 0.4) is 0 Å². The lowest BCUT2D eigenvalue weighted by Crippen LogP contribution is -2.52. The molecule has 3 atom stereocenters. The molecule has 2 amide bonds. The molecule has 0 spiro atoms. The smallest absolute Gasteiger partial charge is 0.408 e. The van der Waals surface area contributed by atoms with Gasteiger partial charge in [0, 0.05) is 13.5 Å². The van der Waals surface area contributed by atoms with E-state index in [9.17, 15) is 14.7 Å². The lowest BCUT2D eigenvalue weighted by Gasteiger charge is -2.32. The van der Waals surface area contributed by atoms with Crippen LogP contribution in [0.4, 0.5) is 4.79 Å². The second-order valence-electron chi connectivity index (χ2n) is 8.43. The first-order valence-electron chi connectivity index (χ1n) is 10.1. The highest BCUT2D eigenvalue weighted by molar-refractivity contribution is 5.86. The molecule has 0 fully saturated rings. The SMILES string of the molecule is C[C@@H]([C@@H](O)c1ccccc1)N(C)C(=O)[C@@H](Cc1ccccc1)NC(=O)OC(C)(C)C. The number of amides is 2. The van der Waals surface area contributed by atoms with E-state index in [1.165, 1.54) is 4.90 Å². The zero-order valence-corrected chi connectivity index (χ0v) is 18.3. The van der Waals surface area contributed by atoms with Crippen LogP contribution in [0, 0.1) is 0 Å². The monoisotopic (exact) mass is 412 g/mol.